The van der Waals surface area contributed by atoms with Crippen LogP contribution in [0.4, 0.5) is 4.39 Å². The second-order valence-electron chi connectivity index (χ2n) is 8.69. The Morgan fingerprint density at radius 1 is 1.21 bits per heavy atom. The van der Waals surface area contributed by atoms with Crippen molar-refractivity contribution in [2.75, 3.05) is 26.3 Å². The molecular formula is C22H30FN3O2. The largest absolute Gasteiger partial charge is 0.379 e. The molecular weight excluding hydrogens is 357 g/mol. The SMILES string of the molecule is CC1(C)[C@H](Cc2cc(CN3CCOCC3)on2)C[C@@H]1NCc1ccc(F)cc1. The molecule has 2 aromatic rings. The molecule has 0 amide bonds. The third-order valence-electron chi connectivity index (χ3n) is 6.48. The van der Waals surface area contributed by atoms with Gasteiger partial charge in [0.15, 0.2) is 5.76 Å². The smallest absolute Gasteiger partial charge is 0.150 e. The average molecular weight is 387 g/mol. The molecule has 1 N–H and O–H groups in total. The Labute approximate surface area is 166 Å². The van der Waals surface area contributed by atoms with Gasteiger partial charge in [0.2, 0.25) is 0 Å². The van der Waals surface area contributed by atoms with Crippen molar-refractivity contribution in [1.82, 2.24) is 15.4 Å². The quantitative estimate of drug-likeness (QED) is 0.789. The molecule has 1 aliphatic carbocycles. The van der Waals surface area contributed by atoms with E-state index in [0.717, 1.165) is 69.3 Å². The van der Waals surface area contributed by atoms with Gasteiger partial charge in [-0.25, -0.2) is 4.39 Å². The van der Waals surface area contributed by atoms with E-state index in [4.69, 9.17) is 9.26 Å². The maximum Gasteiger partial charge on any atom is 0.150 e. The molecule has 152 valence electrons. The van der Waals surface area contributed by atoms with Crippen molar-refractivity contribution in [2.24, 2.45) is 11.3 Å². The van der Waals surface area contributed by atoms with Crippen LogP contribution in [0.1, 0.15) is 37.3 Å². The van der Waals surface area contributed by atoms with Crippen LogP contribution < -0.4 is 5.32 Å². The van der Waals surface area contributed by atoms with E-state index in [1.165, 1.54) is 12.1 Å². The standard InChI is InChI=1S/C22H30FN3O2/c1-22(2)17(12-21(22)24-14-16-3-5-18(23)6-4-16)11-19-13-20(28-25-19)15-26-7-9-27-10-8-26/h3-6,13,17,21,24H,7-12,14-15H2,1-2H3/t17-,21+/m1/s1. The first-order valence-electron chi connectivity index (χ1n) is 10.2. The maximum absolute atomic E-state index is 13.0. The van der Waals surface area contributed by atoms with Crippen LogP contribution in [0.3, 0.4) is 0 Å². The summed E-state index contributed by atoms with van der Waals surface area (Å²) in [4.78, 5) is 2.34. The van der Waals surface area contributed by atoms with Gasteiger partial charge in [-0.05, 0) is 41.9 Å². The highest BCUT2D eigenvalue weighted by molar-refractivity contribution is 5.17. The minimum atomic E-state index is -0.187. The van der Waals surface area contributed by atoms with Crippen LogP contribution in [-0.2, 0) is 24.2 Å². The van der Waals surface area contributed by atoms with E-state index in [9.17, 15) is 4.39 Å². The fourth-order valence-electron chi connectivity index (χ4n) is 4.31. The Bertz CT molecular complexity index is 768. The number of benzene rings is 1. The molecule has 1 aromatic carbocycles. The summed E-state index contributed by atoms with van der Waals surface area (Å²) >= 11 is 0. The highest BCUT2D eigenvalue weighted by Gasteiger charge is 2.47. The highest BCUT2D eigenvalue weighted by Crippen LogP contribution is 2.47. The van der Waals surface area contributed by atoms with Crippen molar-refractivity contribution in [3.05, 3.63) is 53.2 Å². The number of halogens is 1. The van der Waals surface area contributed by atoms with E-state index in [1.807, 2.05) is 12.1 Å². The fraction of sp³-hybridized carbons (Fsp3) is 0.591. The van der Waals surface area contributed by atoms with Gasteiger partial charge in [0.05, 0.1) is 25.5 Å². The molecule has 4 rings (SSSR count). The van der Waals surface area contributed by atoms with Gasteiger partial charge in [-0.15, -0.1) is 0 Å². The van der Waals surface area contributed by atoms with Gasteiger partial charge in [0.1, 0.15) is 5.82 Å². The van der Waals surface area contributed by atoms with Gasteiger partial charge in [0.25, 0.3) is 0 Å². The van der Waals surface area contributed by atoms with Crippen molar-refractivity contribution in [3.8, 4) is 0 Å². The van der Waals surface area contributed by atoms with E-state index < -0.39 is 0 Å². The predicted octanol–water partition coefficient (Wildman–Crippen LogP) is 3.39. The Balaban J connectivity index is 1.26. The van der Waals surface area contributed by atoms with Crippen LogP contribution in [0.15, 0.2) is 34.9 Å². The lowest BCUT2D eigenvalue weighted by atomic mass is 9.57. The molecule has 2 heterocycles. The molecule has 2 atom stereocenters. The monoisotopic (exact) mass is 387 g/mol. The Morgan fingerprint density at radius 3 is 2.68 bits per heavy atom. The second kappa shape index (κ2) is 8.31. The Kier molecular flexibility index (Phi) is 5.80. The summed E-state index contributed by atoms with van der Waals surface area (Å²) in [5.74, 6) is 1.34. The number of aromatic nitrogens is 1. The minimum Gasteiger partial charge on any atom is -0.379 e. The summed E-state index contributed by atoms with van der Waals surface area (Å²) in [6.45, 7) is 9.71. The molecule has 1 saturated carbocycles. The van der Waals surface area contributed by atoms with Gasteiger partial charge in [-0.1, -0.05) is 31.1 Å². The fourth-order valence-corrected chi connectivity index (χ4v) is 4.31. The van der Waals surface area contributed by atoms with Crippen LogP contribution in [0.5, 0.6) is 0 Å². The summed E-state index contributed by atoms with van der Waals surface area (Å²) in [5.41, 5.74) is 2.37. The van der Waals surface area contributed by atoms with Crippen molar-refractivity contribution >= 4 is 0 Å². The molecule has 0 bridgehead atoms. The number of hydrogen-bond donors (Lipinski definition) is 1. The van der Waals surface area contributed by atoms with E-state index in [-0.39, 0.29) is 11.2 Å². The Morgan fingerprint density at radius 2 is 1.96 bits per heavy atom. The first-order valence-corrected chi connectivity index (χ1v) is 10.2. The van der Waals surface area contributed by atoms with E-state index in [0.29, 0.717) is 12.0 Å². The molecule has 1 saturated heterocycles. The topological polar surface area (TPSA) is 50.5 Å². The highest BCUT2D eigenvalue weighted by atomic mass is 19.1. The van der Waals surface area contributed by atoms with Crippen LogP contribution in [-0.4, -0.2) is 42.4 Å². The van der Waals surface area contributed by atoms with Crippen LogP contribution >= 0.6 is 0 Å². The summed E-state index contributed by atoms with van der Waals surface area (Å²) in [5, 5.41) is 7.94. The number of nitrogens with one attached hydrogen (secondary N) is 1. The molecule has 1 aromatic heterocycles. The molecule has 2 fully saturated rings. The van der Waals surface area contributed by atoms with Crippen LogP contribution in [0, 0.1) is 17.2 Å². The van der Waals surface area contributed by atoms with Crippen molar-refractivity contribution in [1.29, 1.82) is 0 Å². The predicted molar refractivity (Wildman–Crippen MR) is 105 cm³/mol. The lowest BCUT2D eigenvalue weighted by Gasteiger charge is -2.52. The zero-order valence-corrected chi connectivity index (χ0v) is 16.8. The average Bonchev–Trinajstić information content (AvgIpc) is 3.13. The van der Waals surface area contributed by atoms with Crippen molar-refractivity contribution < 1.29 is 13.7 Å². The summed E-state index contributed by atoms with van der Waals surface area (Å²) in [6.07, 6.45) is 2.08. The van der Waals surface area contributed by atoms with E-state index >= 15 is 0 Å². The lowest BCUT2D eigenvalue weighted by Crippen LogP contribution is -2.57. The molecule has 1 aliphatic heterocycles. The van der Waals surface area contributed by atoms with Crippen LogP contribution in [0.25, 0.3) is 0 Å². The third-order valence-corrected chi connectivity index (χ3v) is 6.48. The molecule has 0 unspecified atom stereocenters. The maximum atomic E-state index is 13.0. The van der Waals surface area contributed by atoms with E-state index in [1.54, 1.807) is 0 Å². The second-order valence-corrected chi connectivity index (χ2v) is 8.69. The molecule has 0 radical (unpaired) electrons. The van der Waals surface area contributed by atoms with Crippen LogP contribution in [0.2, 0.25) is 0 Å². The van der Waals surface area contributed by atoms with Crippen molar-refractivity contribution in [3.63, 3.8) is 0 Å². The zero-order chi connectivity index (χ0) is 19.6. The molecule has 5 nitrogen and oxygen atoms in total. The first kappa shape index (κ1) is 19.6. The van der Waals surface area contributed by atoms with Gasteiger partial charge in [-0.3, -0.25) is 4.90 Å². The number of nitrogens with zero attached hydrogens (tertiary/aromatic N) is 2. The zero-order valence-electron chi connectivity index (χ0n) is 16.8. The molecule has 0 spiro atoms. The minimum absolute atomic E-state index is 0.187. The van der Waals surface area contributed by atoms with Gasteiger partial charge in [0, 0.05) is 31.7 Å². The van der Waals surface area contributed by atoms with Crippen molar-refractivity contribution in [2.45, 2.75) is 45.8 Å². The number of hydrogen-bond acceptors (Lipinski definition) is 5. The molecule has 28 heavy (non-hydrogen) atoms. The number of morpholine rings is 1. The first-order chi connectivity index (χ1) is 13.5. The summed E-state index contributed by atoms with van der Waals surface area (Å²) in [6, 6.07) is 9.30. The summed E-state index contributed by atoms with van der Waals surface area (Å²) in [7, 11) is 0. The van der Waals surface area contributed by atoms with Gasteiger partial charge in [-0.2, -0.15) is 0 Å². The Hall–Kier alpha value is -1.76. The molecule has 6 heteroatoms. The lowest BCUT2D eigenvalue weighted by molar-refractivity contribution is 0.0124. The number of rotatable bonds is 7. The third kappa shape index (κ3) is 4.45. The van der Waals surface area contributed by atoms with E-state index in [2.05, 4.69) is 35.3 Å². The summed E-state index contributed by atoms with van der Waals surface area (Å²) < 4.78 is 24.0. The van der Waals surface area contributed by atoms with Gasteiger partial charge >= 0.3 is 0 Å². The molecule has 2 aliphatic rings. The van der Waals surface area contributed by atoms with Gasteiger partial charge < -0.3 is 14.6 Å². The number of ether oxygens (including phenoxy) is 1. The normalized spacial score (nSPS) is 24.8.